The van der Waals surface area contributed by atoms with Crippen LogP contribution in [0, 0.1) is 5.92 Å². The maximum absolute atomic E-state index is 13.6. The zero-order valence-corrected chi connectivity index (χ0v) is 29.7. The van der Waals surface area contributed by atoms with E-state index in [1.54, 1.807) is 38.1 Å². The van der Waals surface area contributed by atoms with Crippen LogP contribution < -0.4 is 36.9 Å². The van der Waals surface area contributed by atoms with Gasteiger partial charge in [-0.1, -0.05) is 56.3 Å². The molecule has 0 saturated heterocycles. The number of aromatic amines is 1. The third kappa shape index (κ3) is 11.8. The molecule has 0 unspecified atom stereocenters. The standard InChI is InChI=1S/C37H47N7O8/c1-21(2)32-36(50)39-27(18-24-8-6-5-7-9-24)20-52-28-14-10-25(11-15-28)19-29(40-30(46)16-12-26-13-17-31(47)44-43-26)35(49)38-22(3)34(48)42-33(23(4)45)37(51)41-32/h5-11,13-15,17,21-23,27,29,32-33,45H,12,16,18-20H2,1-4H3,(H,38,49)(H,39,50)(H,40,46)(H,41,51)(H,42,48)(H,44,47)/t22-,23-,27+,29+,32-,33+/m1/s1. The van der Waals surface area contributed by atoms with E-state index < -0.39 is 65.8 Å². The molecule has 2 bridgehead atoms. The van der Waals surface area contributed by atoms with Crippen molar-refractivity contribution in [2.24, 2.45) is 5.92 Å². The lowest BCUT2D eigenvalue weighted by molar-refractivity contribution is -0.136. The third-order valence-corrected chi connectivity index (χ3v) is 8.54. The number of aliphatic hydroxyl groups excluding tert-OH is 1. The molecule has 3 heterocycles. The SMILES string of the molecule is CC(C)[C@H]1NC(=O)[C@H]([C@@H](C)O)NC(=O)[C@@H](C)NC(=O)[C@@H](NC(=O)CCc2ccc(=O)[nH]n2)Cc2ccc(cc2)OC[C@H](Cc2ccccc2)NC1=O. The van der Waals surface area contributed by atoms with Crippen molar-refractivity contribution < 1.29 is 33.8 Å². The number of aryl methyl sites for hydroxylation is 1. The first-order valence-corrected chi connectivity index (χ1v) is 17.3. The smallest absolute Gasteiger partial charge is 0.264 e. The first kappa shape index (κ1) is 39.2. The Morgan fingerprint density at radius 2 is 1.52 bits per heavy atom. The summed E-state index contributed by atoms with van der Waals surface area (Å²) in [5.74, 6) is -3.00. The fourth-order valence-electron chi connectivity index (χ4n) is 5.57. The van der Waals surface area contributed by atoms with Gasteiger partial charge in [-0.25, -0.2) is 5.10 Å². The topological polar surface area (TPSA) is 221 Å². The number of ether oxygens (including phenoxy) is 1. The normalized spacial score (nSPS) is 22.6. The number of rotatable bonds is 8. The molecular weight excluding hydrogens is 670 g/mol. The Balaban J connectivity index is 1.61. The largest absolute Gasteiger partial charge is 0.491 e. The molecular formula is C37H47N7O8. The molecule has 7 N–H and O–H groups in total. The van der Waals surface area contributed by atoms with Gasteiger partial charge in [0.25, 0.3) is 5.56 Å². The fraction of sp³-hybridized carbons (Fsp3) is 0.432. The first-order chi connectivity index (χ1) is 24.8. The van der Waals surface area contributed by atoms with Gasteiger partial charge in [0.1, 0.15) is 36.5 Å². The Labute approximate surface area is 301 Å². The maximum atomic E-state index is 13.6. The molecule has 0 spiro atoms. The molecule has 0 radical (unpaired) electrons. The summed E-state index contributed by atoms with van der Waals surface area (Å²) in [5.41, 5.74) is 1.75. The molecule has 0 fully saturated rings. The van der Waals surface area contributed by atoms with Gasteiger partial charge in [-0.3, -0.25) is 28.8 Å². The van der Waals surface area contributed by atoms with Crippen LogP contribution in [0.2, 0.25) is 0 Å². The number of benzene rings is 2. The molecule has 1 aromatic heterocycles. The van der Waals surface area contributed by atoms with Crippen molar-refractivity contribution in [2.45, 2.75) is 89.7 Å². The van der Waals surface area contributed by atoms with Crippen molar-refractivity contribution in [3.8, 4) is 5.75 Å². The quantitative estimate of drug-likeness (QED) is 0.157. The summed E-state index contributed by atoms with van der Waals surface area (Å²) in [7, 11) is 0. The number of carbonyl (C=O) groups excluding carboxylic acids is 5. The van der Waals surface area contributed by atoms with E-state index in [1.807, 2.05) is 30.3 Å². The Hall–Kier alpha value is -5.57. The summed E-state index contributed by atoms with van der Waals surface area (Å²) >= 11 is 0. The highest BCUT2D eigenvalue weighted by molar-refractivity contribution is 5.95. The van der Waals surface area contributed by atoms with Crippen LogP contribution in [-0.4, -0.2) is 87.8 Å². The monoisotopic (exact) mass is 717 g/mol. The van der Waals surface area contributed by atoms with Gasteiger partial charge < -0.3 is 36.4 Å². The summed E-state index contributed by atoms with van der Waals surface area (Å²) in [5, 5.41) is 30.2. The number of hydrogen-bond acceptors (Lipinski definition) is 9. The van der Waals surface area contributed by atoms with E-state index >= 15 is 0 Å². The number of H-pyrrole nitrogens is 1. The lowest BCUT2D eigenvalue weighted by atomic mass is 10.0. The van der Waals surface area contributed by atoms with E-state index in [9.17, 15) is 33.9 Å². The third-order valence-electron chi connectivity index (χ3n) is 8.54. The van der Waals surface area contributed by atoms with Gasteiger partial charge in [-0.2, -0.15) is 5.10 Å². The second kappa shape index (κ2) is 18.6. The highest BCUT2D eigenvalue weighted by Crippen LogP contribution is 2.16. The second-order valence-corrected chi connectivity index (χ2v) is 13.3. The van der Waals surface area contributed by atoms with E-state index in [4.69, 9.17) is 4.74 Å². The average Bonchev–Trinajstić information content (AvgIpc) is 3.11. The van der Waals surface area contributed by atoms with Gasteiger partial charge in [-0.05, 0) is 55.5 Å². The molecule has 3 aromatic rings. The van der Waals surface area contributed by atoms with Crippen LogP contribution in [0.4, 0.5) is 0 Å². The molecule has 52 heavy (non-hydrogen) atoms. The average molecular weight is 718 g/mol. The fourth-order valence-corrected chi connectivity index (χ4v) is 5.57. The number of aromatic nitrogens is 2. The van der Waals surface area contributed by atoms with Gasteiger partial charge >= 0.3 is 0 Å². The van der Waals surface area contributed by atoms with Crippen molar-refractivity contribution in [1.82, 2.24) is 36.8 Å². The summed E-state index contributed by atoms with van der Waals surface area (Å²) in [6.45, 7) is 6.34. The predicted octanol–water partition coefficient (Wildman–Crippen LogP) is 0.0610. The van der Waals surface area contributed by atoms with Crippen LogP contribution in [0.3, 0.4) is 0 Å². The molecule has 6 atom stereocenters. The van der Waals surface area contributed by atoms with Crippen molar-refractivity contribution in [1.29, 1.82) is 0 Å². The van der Waals surface area contributed by atoms with Crippen LogP contribution in [0.1, 0.15) is 50.9 Å². The highest BCUT2D eigenvalue weighted by atomic mass is 16.5. The lowest BCUT2D eigenvalue weighted by Crippen LogP contribution is -2.61. The second-order valence-electron chi connectivity index (χ2n) is 13.3. The van der Waals surface area contributed by atoms with Crippen LogP contribution >= 0.6 is 0 Å². The molecule has 5 rings (SSSR count). The molecule has 15 nitrogen and oxygen atoms in total. The van der Waals surface area contributed by atoms with Crippen LogP contribution in [-0.2, 0) is 43.2 Å². The molecule has 278 valence electrons. The molecule has 2 aromatic carbocycles. The Morgan fingerprint density at radius 1 is 0.846 bits per heavy atom. The highest BCUT2D eigenvalue weighted by Gasteiger charge is 2.34. The van der Waals surface area contributed by atoms with E-state index in [0.717, 1.165) is 5.56 Å². The number of hydrogen-bond donors (Lipinski definition) is 7. The summed E-state index contributed by atoms with van der Waals surface area (Å²) < 4.78 is 6.10. The van der Waals surface area contributed by atoms with Crippen LogP contribution in [0.5, 0.6) is 5.75 Å². The Bertz CT molecular complexity index is 1730. The first-order valence-electron chi connectivity index (χ1n) is 17.3. The molecule has 2 aliphatic rings. The predicted molar refractivity (Wildman–Crippen MR) is 191 cm³/mol. The number of carbonyl (C=O) groups is 5. The van der Waals surface area contributed by atoms with Crippen LogP contribution in [0.25, 0.3) is 0 Å². The lowest BCUT2D eigenvalue weighted by Gasteiger charge is -2.29. The number of amides is 5. The summed E-state index contributed by atoms with van der Waals surface area (Å²) in [4.78, 5) is 78.3. The molecule has 2 aliphatic heterocycles. The van der Waals surface area contributed by atoms with Crippen LogP contribution in [0.15, 0.2) is 71.5 Å². The van der Waals surface area contributed by atoms with Crippen molar-refractivity contribution in [2.75, 3.05) is 6.61 Å². The number of nitrogens with one attached hydrogen (secondary N) is 6. The van der Waals surface area contributed by atoms with Crippen molar-refractivity contribution in [3.05, 3.63) is 93.9 Å². The Morgan fingerprint density at radius 3 is 2.15 bits per heavy atom. The summed E-state index contributed by atoms with van der Waals surface area (Å²) in [6, 6.07) is 14.0. The number of fused-ring (bicyclic) bond motifs is 17. The number of nitrogens with zero attached hydrogens (tertiary/aromatic N) is 1. The van der Waals surface area contributed by atoms with E-state index in [1.165, 1.54) is 26.0 Å². The minimum absolute atomic E-state index is 0.0329. The van der Waals surface area contributed by atoms with Gasteiger partial charge in [0.05, 0.1) is 17.8 Å². The molecule has 0 saturated carbocycles. The maximum Gasteiger partial charge on any atom is 0.264 e. The van der Waals surface area contributed by atoms with Gasteiger partial charge in [0.15, 0.2) is 0 Å². The van der Waals surface area contributed by atoms with E-state index in [0.29, 0.717) is 23.4 Å². The van der Waals surface area contributed by atoms with Gasteiger partial charge in [0.2, 0.25) is 29.5 Å². The molecule has 5 amide bonds. The van der Waals surface area contributed by atoms with Crippen molar-refractivity contribution >= 4 is 29.5 Å². The number of aliphatic hydroxyl groups is 1. The molecule has 15 heteroatoms. The van der Waals surface area contributed by atoms with E-state index in [2.05, 4.69) is 36.8 Å². The summed E-state index contributed by atoms with van der Waals surface area (Å²) in [6.07, 6.45) is -0.692. The zero-order chi connectivity index (χ0) is 37.8. The minimum atomic E-state index is -1.45. The minimum Gasteiger partial charge on any atom is -0.491 e. The van der Waals surface area contributed by atoms with Crippen molar-refractivity contribution in [3.63, 3.8) is 0 Å². The Kier molecular flexibility index (Phi) is 14.0. The zero-order valence-electron chi connectivity index (χ0n) is 29.7. The van der Waals surface area contributed by atoms with Gasteiger partial charge in [-0.15, -0.1) is 0 Å². The van der Waals surface area contributed by atoms with Gasteiger partial charge in [0, 0.05) is 25.3 Å². The molecule has 0 aliphatic carbocycles. The van der Waals surface area contributed by atoms with E-state index in [-0.39, 0.29) is 37.3 Å².